The normalized spacial score (nSPS) is 27.5. The lowest BCUT2D eigenvalue weighted by Gasteiger charge is -2.13. The van der Waals surface area contributed by atoms with Gasteiger partial charge in [0.2, 0.25) is 5.13 Å². The molecule has 1 amide bonds. The summed E-state index contributed by atoms with van der Waals surface area (Å²) in [5, 5.41) is 12.4. The zero-order chi connectivity index (χ0) is 14.2. The lowest BCUT2D eigenvalue weighted by Crippen LogP contribution is -2.31. The summed E-state index contributed by atoms with van der Waals surface area (Å²) in [6, 6.07) is 0. The highest BCUT2D eigenvalue weighted by molar-refractivity contribution is 7.15. The topological polar surface area (TPSA) is 64.1 Å². The molecule has 1 aromatic rings. The smallest absolute Gasteiger partial charge is 0.255 e. The molecule has 0 aliphatic carbocycles. The first-order valence-corrected chi connectivity index (χ1v) is 7.39. The van der Waals surface area contributed by atoms with Crippen LogP contribution in [0.4, 0.5) is 5.13 Å². The van der Waals surface area contributed by atoms with Crippen LogP contribution in [0, 0.1) is 5.92 Å². The molecule has 0 radical (unpaired) electrons. The first kappa shape index (κ1) is 14.4. The van der Waals surface area contributed by atoms with E-state index in [1.165, 1.54) is 11.3 Å². The molecule has 1 saturated heterocycles. The molecule has 0 saturated carbocycles. The minimum Gasteiger partial charge on any atom is -0.365 e. The minimum absolute atomic E-state index is 0.0493. The molecule has 1 aliphatic heterocycles. The van der Waals surface area contributed by atoms with Crippen LogP contribution in [0.15, 0.2) is 0 Å². The number of aromatic nitrogens is 2. The van der Waals surface area contributed by atoms with Crippen LogP contribution in [0.1, 0.15) is 46.0 Å². The van der Waals surface area contributed by atoms with Crippen LogP contribution in [0.3, 0.4) is 0 Å². The number of carbonyl (C=O) groups is 1. The van der Waals surface area contributed by atoms with Gasteiger partial charge in [-0.25, -0.2) is 0 Å². The molecule has 1 aromatic heterocycles. The Bertz CT molecular complexity index is 467. The van der Waals surface area contributed by atoms with E-state index in [9.17, 15) is 4.79 Å². The number of amides is 1. The Morgan fingerprint density at radius 1 is 1.37 bits per heavy atom. The van der Waals surface area contributed by atoms with Gasteiger partial charge >= 0.3 is 0 Å². The molecular formula is C13H21N3O2S. The fourth-order valence-electron chi connectivity index (χ4n) is 2.16. The van der Waals surface area contributed by atoms with E-state index in [4.69, 9.17) is 4.74 Å². The van der Waals surface area contributed by atoms with Crippen LogP contribution < -0.4 is 5.32 Å². The fourth-order valence-corrected chi connectivity index (χ4v) is 2.96. The van der Waals surface area contributed by atoms with Gasteiger partial charge < -0.3 is 4.74 Å². The molecule has 3 unspecified atom stereocenters. The first-order chi connectivity index (χ1) is 8.77. The number of hydrogen-bond acceptors (Lipinski definition) is 5. The Hall–Kier alpha value is -1.01. The molecule has 5 nitrogen and oxygen atoms in total. The third-order valence-corrected chi connectivity index (χ3v) is 4.42. The van der Waals surface area contributed by atoms with Gasteiger partial charge in [0.15, 0.2) is 0 Å². The molecule has 0 aromatic carbocycles. The summed E-state index contributed by atoms with van der Waals surface area (Å²) in [4.78, 5) is 12.1. The minimum atomic E-state index is -0.378. The number of ether oxygens (including phenoxy) is 1. The van der Waals surface area contributed by atoms with E-state index in [-0.39, 0.29) is 29.4 Å². The molecule has 0 spiro atoms. The second-order valence-corrected chi connectivity index (χ2v) is 7.21. The molecular weight excluding hydrogens is 262 g/mol. The summed E-state index contributed by atoms with van der Waals surface area (Å²) >= 11 is 1.42. The molecule has 3 atom stereocenters. The van der Waals surface area contributed by atoms with Gasteiger partial charge in [0, 0.05) is 5.41 Å². The SMILES string of the molecule is CC1CC(C)C(C(=O)Nc2nnc(C(C)(C)C)s2)O1. The van der Waals surface area contributed by atoms with E-state index in [2.05, 4.69) is 36.3 Å². The number of nitrogens with one attached hydrogen (secondary N) is 1. The Kier molecular flexibility index (Phi) is 3.92. The molecule has 106 valence electrons. The zero-order valence-electron chi connectivity index (χ0n) is 12.1. The quantitative estimate of drug-likeness (QED) is 0.906. The third-order valence-electron chi connectivity index (χ3n) is 3.15. The maximum absolute atomic E-state index is 12.1. The number of anilines is 1. The zero-order valence-corrected chi connectivity index (χ0v) is 12.9. The van der Waals surface area contributed by atoms with E-state index in [0.717, 1.165) is 11.4 Å². The molecule has 1 N–H and O–H groups in total. The summed E-state index contributed by atoms with van der Waals surface area (Å²) in [5.74, 6) is 0.124. The summed E-state index contributed by atoms with van der Waals surface area (Å²) in [5.41, 5.74) is -0.0493. The average molecular weight is 283 g/mol. The highest BCUT2D eigenvalue weighted by atomic mass is 32.1. The fraction of sp³-hybridized carbons (Fsp3) is 0.769. The van der Waals surface area contributed by atoms with E-state index >= 15 is 0 Å². The Labute approximate surface area is 117 Å². The van der Waals surface area contributed by atoms with Gasteiger partial charge in [-0.3, -0.25) is 10.1 Å². The van der Waals surface area contributed by atoms with Crippen LogP contribution in [0.5, 0.6) is 0 Å². The van der Waals surface area contributed by atoms with Crippen molar-refractivity contribution in [1.82, 2.24) is 10.2 Å². The van der Waals surface area contributed by atoms with Crippen LogP contribution in [-0.4, -0.2) is 28.3 Å². The molecule has 19 heavy (non-hydrogen) atoms. The Balaban J connectivity index is 2.01. The second kappa shape index (κ2) is 5.17. The van der Waals surface area contributed by atoms with E-state index in [1.807, 2.05) is 13.8 Å². The van der Waals surface area contributed by atoms with Crippen molar-refractivity contribution in [3.8, 4) is 0 Å². The predicted octanol–water partition coefficient (Wildman–Crippen LogP) is 2.59. The number of rotatable bonds is 2. The van der Waals surface area contributed by atoms with Gasteiger partial charge in [-0.1, -0.05) is 39.0 Å². The lowest BCUT2D eigenvalue weighted by molar-refractivity contribution is -0.127. The molecule has 2 rings (SSSR count). The second-order valence-electron chi connectivity index (χ2n) is 6.23. The van der Waals surface area contributed by atoms with Crippen molar-refractivity contribution in [1.29, 1.82) is 0 Å². The average Bonchev–Trinajstić information content (AvgIpc) is 2.84. The third kappa shape index (κ3) is 3.30. The maximum Gasteiger partial charge on any atom is 0.255 e. The summed E-state index contributed by atoms with van der Waals surface area (Å²) in [7, 11) is 0. The summed E-state index contributed by atoms with van der Waals surface area (Å²) in [6.07, 6.45) is 0.684. The van der Waals surface area contributed by atoms with Crippen molar-refractivity contribution >= 4 is 22.4 Å². The van der Waals surface area contributed by atoms with Gasteiger partial charge in [0.1, 0.15) is 11.1 Å². The van der Waals surface area contributed by atoms with E-state index in [0.29, 0.717) is 5.13 Å². The van der Waals surface area contributed by atoms with Crippen LogP contribution in [0.2, 0.25) is 0 Å². The monoisotopic (exact) mass is 283 g/mol. The maximum atomic E-state index is 12.1. The summed E-state index contributed by atoms with van der Waals surface area (Å²) in [6.45, 7) is 10.2. The highest BCUT2D eigenvalue weighted by Gasteiger charge is 2.35. The number of hydrogen-bond donors (Lipinski definition) is 1. The van der Waals surface area contributed by atoms with Crippen LogP contribution >= 0.6 is 11.3 Å². The highest BCUT2D eigenvalue weighted by Crippen LogP contribution is 2.30. The van der Waals surface area contributed by atoms with E-state index < -0.39 is 0 Å². The van der Waals surface area contributed by atoms with Gasteiger partial charge in [-0.05, 0) is 19.3 Å². The molecule has 6 heteroatoms. The standard InChI is InChI=1S/C13H21N3O2S/c1-7-6-8(2)18-9(7)10(17)14-12-16-15-11(19-12)13(3,4)5/h7-9H,6H2,1-5H3,(H,14,16,17). The molecule has 0 bridgehead atoms. The first-order valence-electron chi connectivity index (χ1n) is 6.57. The van der Waals surface area contributed by atoms with Crippen molar-refractivity contribution in [2.45, 2.75) is 58.7 Å². The van der Waals surface area contributed by atoms with E-state index in [1.54, 1.807) is 0 Å². The van der Waals surface area contributed by atoms with Gasteiger partial charge in [-0.2, -0.15) is 0 Å². The predicted molar refractivity (Wildman–Crippen MR) is 75.4 cm³/mol. The number of nitrogens with zero attached hydrogens (tertiary/aromatic N) is 2. The Morgan fingerprint density at radius 3 is 2.53 bits per heavy atom. The van der Waals surface area contributed by atoms with Crippen molar-refractivity contribution in [2.75, 3.05) is 5.32 Å². The van der Waals surface area contributed by atoms with Crippen molar-refractivity contribution in [2.24, 2.45) is 5.92 Å². The van der Waals surface area contributed by atoms with Crippen LogP contribution in [0.25, 0.3) is 0 Å². The summed E-state index contributed by atoms with van der Waals surface area (Å²) < 4.78 is 5.63. The lowest BCUT2D eigenvalue weighted by atomic mass is 9.98. The molecule has 1 aliphatic rings. The van der Waals surface area contributed by atoms with Crippen molar-refractivity contribution in [3.05, 3.63) is 5.01 Å². The molecule has 1 fully saturated rings. The van der Waals surface area contributed by atoms with Crippen LogP contribution in [-0.2, 0) is 14.9 Å². The Morgan fingerprint density at radius 2 is 2.05 bits per heavy atom. The van der Waals surface area contributed by atoms with Gasteiger partial charge in [-0.15, -0.1) is 10.2 Å². The van der Waals surface area contributed by atoms with Gasteiger partial charge in [0.25, 0.3) is 5.91 Å². The largest absolute Gasteiger partial charge is 0.365 e. The van der Waals surface area contributed by atoms with Crippen molar-refractivity contribution < 1.29 is 9.53 Å². The van der Waals surface area contributed by atoms with Gasteiger partial charge in [0.05, 0.1) is 6.10 Å². The molecule has 2 heterocycles. The van der Waals surface area contributed by atoms with Crippen molar-refractivity contribution in [3.63, 3.8) is 0 Å². The number of carbonyl (C=O) groups excluding carboxylic acids is 1.